The number of morpholine rings is 1. The lowest BCUT2D eigenvalue weighted by atomic mass is 10.2. The summed E-state index contributed by atoms with van der Waals surface area (Å²) in [6.45, 7) is 2.01. The van der Waals surface area contributed by atoms with Crippen LogP contribution in [0.3, 0.4) is 0 Å². The molecule has 15 heavy (non-hydrogen) atoms. The summed E-state index contributed by atoms with van der Waals surface area (Å²) in [6.07, 6.45) is -1.60. The highest BCUT2D eigenvalue weighted by Gasteiger charge is 2.24. The highest BCUT2D eigenvalue weighted by molar-refractivity contribution is 5.84. The fraction of sp³-hybridized carbons (Fsp3) is 0.778. The smallest absolute Gasteiger partial charge is 0.335 e. The molecule has 86 valence electrons. The van der Waals surface area contributed by atoms with Crippen LogP contribution in [0.25, 0.3) is 0 Å². The van der Waals surface area contributed by atoms with Crippen molar-refractivity contribution in [2.24, 2.45) is 0 Å². The van der Waals surface area contributed by atoms with Gasteiger partial charge in [-0.3, -0.25) is 4.79 Å². The molecule has 0 saturated carbocycles. The number of ether oxygens (including phenoxy) is 2. The van der Waals surface area contributed by atoms with E-state index in [1.807, 2.05) is 0 Å². The van der Waals surface area contributed by atoms with Crippen LogP contribution in [0.2, 0.25) is 0 Å². The summed E-state index contributed by atoms with van der Waals surface area (Å²) in [4.78, 5) is 24.0. The predicted octanol–water partition coefficient (Wildman–Crippen LogP) is -1.23. The van der Waals surface area contributed by atoms with E-state index in [9.17, 15) is 14.7 Å². The van der Waals surface area contributed by atoms with Crippen molar-refractivity contribution in [3.63, 3.8) is 0 Å². The molecule has 6 nitrogen and oxygen atoms in total. The van der Waals surface area contributed by atoms with Crippen LogP contribution >= 0.6 is 0 Å². The van der Waals surface area contributed by atoms with Crippen LogP contribution < -0.4 is 0 Å². The van der Waals surface area contributed by atoms with E-state index in [2.05, 4.69) is 4.74 Å². The maximum Gasteiger partial charge on any atom is 0.335 e. The highest BCUT2D eigenvalue weighted by atomic mass is 16.5. The molecule has 1 amide bonds. The van der Waals surface area contributed by atoms with Crippen molar-refractivity contribution < 1.29 is 24.2 Å². The fourth-order valence-corrected chi connectivity index (χ4v) is 1.33. The summed E-state index contributed by atoms with van der Waals surface area (Å²) in [5.41, 5.74) is 0. The van der Waals surface area contributed by atoms with Crippen LogP contribution in [0.5, 0.6) is 0 Å². The maximum absolute atomic E-state index is 11.5. The number of rotatable bonds is 3. The molecule has 1 atom stereocenters. The average molecular weight is 217 g/mol. The number of carbonyl (C=O) groups is 2. The number of hydrogen-bond acceptors (Lipinski definition) is 5. The molecule has 1 unspecified atom stereocenters. The molecule has 0 aromatic rings. The first-order valence-electron chi connectivity index (χ1n) is 4.76. The minimum absolute atomic E-state index is 0.229. The van der Waals surface area contributed by atoms with E-state index in [0.29, 0.717) is 26.3 Å². The molecule has 0 spiro atoms. The van der Waals surface area contributed by atoms with E-state index in [1.165, 1.54) is 7.11 Å². The average Bonchev–Trinajstić information content (AvgIpc) is 2.29. The Bertz CT molecular complexity index is 237. The Morgan fingerprint density at radius 1 is 1.47 bits per heavy atom. The third-order valence-corrected chi connectivity index (χ3v) is 2.21. The molecule has 0 aliphatic carbocycles. The zero-order chi connectivity index (χ0) is 11.3. The number of amides is 1. The Labute approximate surface area is 87.8 Å². The number of methoxy groups -OCH3 is 1. The quantitative estimate of drug-likeness (QED) is 0.599. The molecular weight excluding hydrogens is 202 g/mol. The molecular formula is C9H15NO5. The van der Waals surface area contributed by atoms with Gasteiger partial charge in [-0.25, -0.2) is 4.79 Å². The van der Waals surface area contributed by atoms with Crippen LogP contribution in [-0.2, 0) is 19.1 Å². The van der Waals surface area contributed by atoms with Crippen molar-refractivity contribution in [1.29, 1.82) is 0 Å². The van der Waals surface area contributed by atoms with Gasteiger partial charge in [0.2, 0.25) is 5.91 Å². The third kappa shape index (κ3) is 3.49. The molecule has 6 heteroatoms. The van der Waals surface area contributed by atoms with Gasteiger partial charge in [-0.05, 0) is 0 Å². The van der Waals surface area contributed by atoms with Gasteiger partial charge >= 0.3 is 5.97 Å². The Kier molecular flexibility index (Phi) is 4.51. The second-order valence-corrected chi connectivity index (χ2v) is 3.24. The SMILES string of the molecule is COC(=O)C(O)CC(=O)N1CCOCC1. The van der Waals surface area contributed by atoms with Gasteiger partial charge in [-0.2, -0.15) is 0 Å². The van der Waals surface area contributed by atoms with E-state index in [1.54, 1.807) is 4.90 Å². The van der Waals surface area contributed by atoms with Crippen molar-refractivity contribution in [1.82, 2.24) is 4.90 Å². The van der Waals surface area contributed by atoms with Crippen LogP contribution in [0.4, 0.5) is 0 Å². The molecule has 0 aromatic heterocycles. The molecule has 1 saturated heterocycles. The lowest BCUT2D eigenvalue weighted by Gasteiger charge is -2.27. The first-order chi connectivity index (χ1) is 7.15. The van der Waals surface area contributed by atoms with Gasteiger partial charge in [0, 0.05) is 13.1 Å². The summed E-state index contributed by atoms with van der Waals surface area (Å²) in [7, 11) is 1.17. The van der Waals surface area contributed by atoms with Crippen molar-refractivity contribution in [3.8, 4) is 0 Å². The monoisotopic (exact) mass is 217 g/mol. The predicted molar refractivity (Wildman–Crippen MR) is 50.0 cm³/mol. The van der Waals surface area contributed by atoms with Gasteiger partial charge in [-0.1, -0.05) is 0 Å². The summed E-state index contributed by atoms with van der Waals surface area (Å²) in [5, 5.41) is 9.27. The van der Waals surface area contributed by atoms with E-state index < -0.39 is 12.1 Å². The highest BCUT2D eigenvalue weighted by Crippen LogP contribution is 2.03. The number of aliphatic hydroxyl groups excluding tert-OH is 1. The molecule has 1 aliphatic heterocycles. The lowest BCUT2D eigenvalue weighted by Crippen LogP contribution is -2.42. The molecule has 1 heterocycles. The second kappa shape index (κ2) is 5.67. The summed E-state index contributed by atoms with van der Waals surface area (Å²) in [5.74, 6) is -1.03. The minimum Gasteiger partial charge on any atom is -0.467 e. The molecule has 1 aliphatic rings. The number of esters is 1. The number of carbonyl (C=O) groups excluding carboxylic acids is 2. The van der Waals surface area contributed by atoms with Crippen LogP contribution in [-0.4, -0.2) is 61.4 Å². The largest absolute Gasteiger partial charge is 0.467 e. The van der Waals surface area contributed by atoms with Gasteiger partial charge in [-0.15, -0.1) is 0 Å². The van der Waals surface area contributed by atoms with Crippen LogP contribution in [0.1, 0.15) is 6.42 Å². The van der Waals surface area contributed by atoms with Gasteiger partial charge in [0.05, 0.1) is 26.7 Å². The second-order valence-electron chi connectivity index (χ2n) is 3.24. The minimum atomic E-state index is -1.37. The van der Waals surface area contributed by atoms with Gasteiger partial charge in [0.25, 0.3) is 0 Å². The van der Waals surface area contributed by atoms with Crippen LogP contribution in [0, 0.1) is 0 Å². The third-order valence-electron chi connectivity index (χ3n) is 2.21. The topological polar surface area (TPSA) is 76.1 Å². The van der Waals surface area contributed by atoms with E-state index in [4.69, 9.17) is 4.74 Å². The number of aliphatic hydroxyl groups is 1. The Morgan fingerprint density at radius 2 is 2.07 bits per heavy atom. The summed E-state index contributed by atoms with van der Waals surface area (Å²) < 4.78 is 9.39. The summed E-state index contributed by atoms with van der Waals surface area (Å²) >= 11 is 0. The molecule has 1 N–H and O–H groups in total. The van der Waals surface area contributed by atoms with Gasteiger partial charge in [0.1, 0.15) is 0 Å². The van der Waals surface area contributed by atoms with Crippen molar-refractivity contribution in [2.45, 2.75) is 12.5 Å². The molecule has 1 rings (SSSR count). The molecule has 1 fully saturated rings. The van der Waals surface area contributed by atoms with Gasteiger partial charge in [0.15, 0.2) is 6.10 Å². The van der Waals surface area contributed by atoms with E-state index >= 15 is 0 Å². The Balaban J connectivity index is 2.36. The standard InChI is InChI=1S/C9H15NO5/c1-14-9(13)7(11)6-8(12)10-2-4-15-5-3-10/h7,11H,2-6H2,1H3. The Hall–Kier alpha value is -1.14. The normalized spacial score (nSPS) is 18.4. The van der Waals surface area contributed by atoms with Crippen molar-refractivity contribution in [2.75, 3.05) is 33.4 Å². The Morgan fingerprint density at radius 3 is 2.60 bits per heavy atom. The first-order valence-corrected chi connectivity index (χ1v) is 4.76. The zero-order valence-corrected chi connectivity index (χ0v) is 8.64. The first kappa shape index (κ1) is 11.9. The molecule has 0 radical (unpaired) electrons. The fourth-order valence-electron chi connectivity index (χ4n) is 1.33. The molecule has 0 aromatic carbocycles. The molecule has 0 bridgehead atoms. The lowest BCUT2D eigenvalue weighted by molar-refractivity contribution is -0.154. The number of nitrogens with zero attached hydrogens (tertiary/aromatic N) is 1. The van der Waals surface area contributed by atoms with Gasteiger partial charge < -0.3 is 19.5 Å². The van der Waals surface area contributed by atoms with Crippen LogP contribution in [0.15, 0.2) is 0 Å². The van der Waals surface area contributed by atoms with Crippen molar-refractivity contribution in [3.05, 3.63) is 0 Å². The maximum atomic E-state index is 11.5. The number of hydrogen-bond donors (Lipinski definition) is 1. The van der Waals surface area contributed by atoms with E-state index in [-0.39, 0.29) is 12.3 Å². The zero-order valence-electron chi connectivity index (χ0n) is 8.64. The van der Waals surface area contributed by atoms with Crippen molar-refractivity contribution >= 4 is 11.9 Å². The summed E-state index contributed by atoms with van der Waals surface area (Å²) in [6, 6.07) is 0. The van der Waals surface area contributed by atoms with E-state index in [0.717, 1.165) is 0 Å².